The molecule has 3 aliphatic rings. The molecule has 2 unspecified atom stereocenters. The third-order valence-corrected chi connectivity index (χ3v) is 7.94. The van der Waals surface area contributed by atoms with Crippen LogP contribution in [0, 0.1) is 11.8 Å². The predicted octanol–water partition coefficient (Wildman–Crippen LogP) is 5.44. The molecule has 1 aliphatic heterocycles. The number of nitrogens with one attached hydrogen (secondary N) is 2. The lowest BCUT2D eigenvalue weighted by atomic mass is 9.90. The molecule has 10 heteroatoms. The van der Waals surface area contributed by atoms with Crippen LogP contribution in [0.4, 0.5) is 0 Å². The number of ether oxygens (including phenoxy) is 4. The molecule has 2 aromatic carbocycles. The van der Waals surface area contributed by atoms with E-state index in [2.05, 4.69) is 34.9 Å². The van der Waals surface area contributed by atoms with Gasteiger partial charge in [0.25, 0.3) is 24.4 Å². The average molecular weight is 577 g/mol. The molecule has 1 saturated heterocycles. The van der Waals surface area contributed by atoms with Crippen LogP contribution < -0.4 is 20.3 Å². The highest BCUT2D eigenvalue weighted by atomic mass is 16.8. The van der Waals surface area contributed by atoms with Crippen LogP contribution >= 0.6 is 0 Å². The van der Waals surface area contributed by atoms with E-state index in [9.17, 15) is 9.59 Å². The number of hydrogen-bond acceptors (Lipinski definition) is 8. The van der Waals surface area contributed by atoms with E-state index in [4.69, 9.17) is 18.9 Å². The van der Waals surface area contributed by atoms with Crippen molar-refractivity contribution in [2.75, 3.05) is 13.2 Å². The summed E-state index contributed by atoms with van der Waals surface area (Å²) in [5, 5.41) is 8.62. The fourth-order valence-electron chi connectivity index (χ4n) is 5.11. The molecule has 2 aliphatic carbocycles. The first-order valence-electron chi connectivity index (χ1n) is 14.9. The molecule has 10 nitrogen and oxygen atoms in total. The second-order valence-corrected chi connectivity index (χ2v) is 11.4. The summed E-state index contributed by atoms with van der Waals surface area (Å²) in [6.45, 7) is 5.19. The average Bonchev–Trinajstić information content (AvgIpc) is 3.02. The highest BCUT2D eigenvalue weighted by Crippen LogP contribution is 2.24. The molecule has 0 aromatic heterocycles. The van der Waals surface area contributed by atoms with E-state index in [0.717, 1.165) is 62.8 Å². The highest BCUT2D eigenvalue weighted by Gasteiger charge is 2.31. The summed E-state index contributed by atoms with van der Waals surface area (Å²) >= 11 is 0. The van der Waals surface area contributed by atoms with Gasteiger partial charge in [-0.1, -0.05) is 13.8 Å². The van der Waals surface area contributed by atoms with Gasteiger partial charge in [-0.15, -0.1) is 0 Å². The minimum Gasteiger partial charge on any atom is -0.458 e. The van der Waals surface area contributed by atoms with Gasteiger partial charge in [0.2, 0.25) is 0 Å². The fraction of sp³-hybridized carbons (Fsp3) is 0.500. The van der Waals surface area contributed by atoms with Crippen LogP contribution in [-0.4, -0.2) is 49.0 Å². The molecule has 0 radical (unpaired) electrons. The zero-order valence-corrected chi connectivity index (χ0v) is 24.3. The number of rotatable bonds is 8. The van der Waals surface area contributed by atoms with Gasteiger partial charge in [0, 0.05) is 22.6 Å². The Morgan fingerprint density at radius 1 is 0.643 bits per heavy atom. The minimum absolute atomic E-state index is 0.265. The maximum absolute atomic E-state index is 12.5. The number of nitrogens with zero attached hydrogens (tertiary/aromatic N) is 2. The Hall–Kier alpha value is -3.76. The Kier molecular flexibility index (Phi) is 10.2. The monoisotopic (exact) mass is 576 g/mol. The number of carbonyl (C=O) groups is 2. The summed E-state index contributed by atoms with van der Waals surface area (Å²) < 4.78 is 23.5. The molecule has 1 heterocycles. The Balaban J connectivity index is 1.12. The van der Waals surface area contributed by atoms with Gasteiger partial charge in [0.15, 0.2) is 0 Å². The van der Waals surface area contributed by atoms with Crippen molar-refractivity contribution < 1.29 is 28.5 Å². The van der Waals surface area contributed by atoms with Crippen LogP contribution in [0.5, 0.6) is 11.5 Å². The lowest BCUT2D eigenvalue weighted by Gasteiger charge is -2.31. The van der Waals surface area contributed by atoms with E-state index in [1.165, 1.54) is 0 Å². The topological polar surface area (TPSA) is 120 Å². The Morgan fingerprint density at radius 2 is 1.00 bits per heavy atom. The van der Waals surface area contributed by atoms with Crippen molar-refractivity contribution in [3.63, 3.8) is 0 Å². The summed E-state index contributed by atoms with van der Waals surface area (Å²) in [5.74, 6) is 1.91. The van der Waals surface area contributed by atoms with Gasteiger partial charge in [0.05, 0.1) is 13.2 Å². The second kappa shape index (κ2) is 14.4. The van der Waals surface area contributed by atoms with Crippen molar-refractivity contribution in [2.24, 2.45) is 22.0 Å². The van der Waals surface area contributed by atoms with E-state index in [0.29, 0.717) is 47.7 Å². The molecule has 2 aromatic rings. The minimum atomic E-state index is -0.824. The van der Waals surface area contributed by atoms with E-state index < -0.39 is 12.6 Å². The van der Waals surface area contributed by atoms with Gasteiger partial charge in [-0.25, -0.2) is 10.9 Å². The van der Waals surface area contributed by atoms with Gasteiger partial charge >= 0.3 is 0 Å². The normalized spacial score (nSPS) is 24.3. The molecule has 42 heavy (non-hydrogen) atoms. The van der Waals surface area contributed by atoms with Gasteiger partial charge in [-0.2, -0.15) is 10.2 Å². The predicted molar refractivity (Wildman–Crippen MR) is 159 cm³/mol. The molecule has 2 amide bonds. The number of benzene rings is 2. The first-order chi connectivity index (χ1) is 20.4. The van der Waals surface area contributed by atoms with Crippen LogP contribution in [0.15, 0.2) is 58.7 Å². The molecule has 0 bridgehead atoms. The van der Waals surface area contributed by atoms with Crippen molar-refractivity contribution >= 4 is 23.2 Å². The smallest absolute Gasteiger partial charge is 0.271 e. The van der Waals surface area contributed by atoms with E-state index in [1.807, 2.05) is 0 Å². The number of hydrazone groups is 2. The molecule has 0 spiro atoms. The van der Waals surface area contributed by atoms with Crippen molar-refractivity contribution in [1.29, 1.82) is 0 Å². The number of carbonyl (C=O) groups excluding carboxylic acids is 2. The van der Waals surface area contributed by atoms with Crippen LogP contribution in [0.3, 0.4) is 0 Å². The molecule has 2 atom stereocenters. The number of hydrogen-bond donors (Lipinski definition) is 2. The number of amides is 2. The van der Waals surface area contributed by atoms with E-state index >= 15 is 0 Å². The zero-order chi connectivity index (χ0) is 29.3. The summed E-state index contributed by atoms with van der Waals surface area (Å²) in [6, 6.07) is 13.5. The van der Waals surface area contributed by atoms with Crippen molar-refractivity contribution in [3.05, 3.63) is 59.7 Å². The summed E-state index contributed by atoms with van der Waals surface area (Å²) in [7, 11) is 0. The highest BCUT2D eigenvalue weighted by molar-refractivity contribution is 5.96. The molecule has 224 valence electrons. The van der Waals surface area contributed by atoms with E-state index in [-0.39, 0.29) is 11.8 Å². The first kappa shape index (κ1) is 29.7. The Morgan fingerprint density at radius 3 is 1.36 bits per heavy atom. The van der Waals surface area contributed by atoms with Crippen molar-refractivity contribution in [2.45, 2.75) is 77.8 Å². The SMILES string of the molecule is CC1CCC(=NNC(=O)c2ccc(OC3OCCOC3Oc3ccc(C(=O)NN=C4CCC(C)CC4)cc3)cc2)CC1. The van der Waals surface area contributed by atoms with Gasteiger partial charge < -0.3 is 18.9 Å². The maximum Gasteiger partial charge on any atom is 0.271 e. The molecule has 2 saturated carbocycles. The van der Waals surface area contributed by atoms with Gasteiger partial charge in [0.1, 0.15) is 11.5 Å². The second-order valence-electron chi connectivity index (χ2n) is 11.4. The van der Waals surface area contributed by atoms with Crippen LogP contribution in [-0.2, 0) is 9.47 Å². The summed E-state index contributed by atoms with van der Waals surface area (Å²) in [6.07, 6.45) is 6.49. The van der Waals surface area contributed by atoms with Gasteiger partial charge in [-0.05, 0) is 112 Å². The summed E-state index contributed by atoms with van der Waals surface area (Å²) in [5.41, 5.74) is 8.37. The molecular formula is C32H40N4O6. The zero-order valence-electron chi connectivity index (χ0n) is 24.3. The molecule has 2 N–H and O–H groups in total. The van der Waals surface area contributed by atoms with Gasteiger partial charge in [-0.3, -0.25) is 9.59 Å². The summed E-state index contributed by atoms with van der Waals surface area (Å²) in [4.78, 5) is 25.1. The van der Waals surface area contributed by atoms with Crippen LogP contribution in [0.25, 0.3) is 0 Å². The maximum atomic E-state index is 12.5. The quantitative estimate of drug-likeness (QED) is 0.404. The van der Waals surface area contributed by atoms with Crippen LogP contribution in [0.2, 0.25) is 0 Å². The van der Waals surface area contributed by atoms with Crippen molar-refractivity contribution in [1.82, 2.24) is 10.9 Å². The molecule has 3 fully saturated rings. The third-order valence-electron chi connectivity index (χ3n) is 7.94. The Labute approximate surface area is 246 Å². The Bertz CT molecular complexity index is 1160. The first-order valence-corrected chi connectivity index (χ1v) is 14.9. The standard InChI is InChI=1S/C32H40N4O6/c1-21-3-11-25(12-4-21)33-35-29(37)23-7-15-27(16-8-23)41-31-32(40-20-19-39-31)42-28-17-9-24(10-18-28)30(38)36-34-26-13-5-22(2)6-14-26/h7-10,15-18,21-22,31-32H,3-6,11-14,19-20H2,1-2H3,(H,35,37)(H,36,38). The lowest BCUT2D eigenvalue weighted by Crippen LogP contribution is -2.45. The third kappa shape index (κ3) is 8.39. The molecule has 5 rings (SSSR count). The largest absolute Gasteiger partial charge is 0.458 e. The molecular weight excluding hydrogens is 536 g/mol. The van der Waals surface area contributed by atoms with Crippen molar-refractivity contribution in [3.8, 4) is 11.5 Å². The lowest BCUT2D eigenvalue weighted by molar-refractivity contribution is -0.271. The fourth-order valence-corrected chi connectivity index (χ4v) is 5.11. The van der Waals surface area contributed by atoms with Crippen LogP contribution in [0.1, 0.15) is 85.9 Å². The van der Waals surface area contributed by atoms with E-state index in [1.54, 1.807) is 48.5 Å².